The predicted molar refractivity (Wildman–Crippen MR) is 89.6 cm³/mol. The molecule has 2 saturated carbocycles. The second-order valence-electron chi connectivity index (χ2n) is 6.15. The zero-order chi connectivity index (χ0) is 15.8. The Balaban J connectivity index is 1.77. The van der Waals surface area contributed by atoms with E-state index >= 15 is 0 Å². The van der Waals surface area contributed by atoms with Crippen LogP contribution in [0, 0.1) is 23.7 Å². The fourth-order valence-corrected chi connectivity index (χ4v) is 6.30. The van der Waals surface area contributed by atoms with Crippen molar-refractivity contribution >= 4 is 61.0 Å². The molecular weight excluding hydrogens is 437 g/mol. The number of anilines is 1. The molecule has 0 aromatic heterocycles. The van der Waals surface area contributed by atoms with E-state index in [0.717, 1.165) is 11.3 Å². The Labute approximate surface area is 149 Å². The fraction of sp³-hybridized carbons (Fsp3) is 0.467. The van der Waals surface area contributed by atoms with Crippen molar-refractivity contribution in [2.24, 2.45) is 23.7 Å². The molecule has 7 heteroatoms. The maximum absolute atomic E-state index is 12.8. The SMILES string of the molecule is O=C1[C@@H]2[C@H]3C[C@@H]([C@H](Br)[C@H]3Br)[C@H]2C(=O)N1c1cc(Cl)ccc1O. The van der Waals surface area contributed by atoms with Crippen molar-refractivity contribution in [1.29, 1.82) is 0 Å². The molecule has 0 spiro atoms. The molecule has 4 rings (SSSR count). The number of alkyl halides is 2. The Hall–Kier alpha value is -0.590. The van der Waals surface area contributed by atoms with Gasteiger partial charge in [0.05, 0.1) is 17.5 Å². The van der Waals surface area contributed by atoms with Crippen molar-refractivity contribution in [2.75, 3.05) is 4.90 Å². The van der Waals surface area contributed by atoms with Crippen LogP contribution in [-0.4, -0.2) is 26.6 Å². The highest BCUT2D eigenvalue weighted by Gasteiger charge is 2.66. The minimum atomic E-state index is -0.297. The molecule has 1 aliphatic heterocycles. The zero-order valence-corrected chi connectivity index (χ0v) is 15.2. The fourth-order valence-electron chi connectivity index (χ4n) is 4.26. The van der Waals surface area contributed by atoms with Crippen LogP contribution in [-0.2, 0) is 9.59 Å². The molecule has 4 nitrogen and oxygen atoms in total. The number of imide groups is 1. The van der Waals surface area contributed by atoms with E-state index < -0.39 is 0 Å². The molecule has 2 amide bonds. The monoisotopic (exact) mass is 447 g/mol. The lowest BCUT2D eigenvalue weighted by Gasteiger charge is -2.28. The number of aromatic hydroxyl groups is 1. The number of hydrogen-bond donors (Lipinski definition) is 1. The van der Waals surface area contributed by atoms with Crippen LogP contribution in [0.15, 0.2) is 18.2 Å². The number of hydrogen-bond acceptors (Lipinski definition) is 3. The van der Waals surface area contributed by atoms with Crippen LogP contribution < -0.4 is 4.90 Å². The van der Waals surface area contributed by atoms with E-state index in [1.807, 2.05) is 0 Å². The van der Waals surface area contributed by atoms with Crippen LogP contribution in [0.1, 0.15) is 6.42 Å². The van der Waals surface area contributed by atoms with Gasteiger partial charge in [-0.25, -0.2) is 4.90 Å². The maximum atomic E-state index is 12.8. The normalized spacial score (nSPS) is 39.7. The summed E-state index contributed by atoms with van der Waals surface area (Å²) in [5, 5.41) is 10.4. The van der Waals surface area contributed by atoms with E-state index in [1.54, 1.807) is 0 Å². The number of carbonyl (C=O) groups is 2. The summed E-state index contributed by atoms with van der Waals surface area (Å²) in [6.45, 7) is 0. The van der Waals surface area contributed by atoms with Crippen molar-refractivity contribution in [3.8, 4) is 5.75 Å². The Morgan fingerprint density at radius 2 is 1.64 bits per heavy atom. The van der Waals surface area contributed by atoms with Gasteiger partial charge in [0.15, 0.2) is 0 Å². The standard InChI is InChI=1S/C15H12Br2ClNO3/c16-12-6-4-7(13(12)17)11-10(6)14(21)19(15(11)22)8-3-5(18)1-2-9(8)20/h1-3,6-7,10-13,20H,4H2/t6-,7-,10-,11-,12+,13+/m1/s1. The zero-order valence-electron chi connectivity index (χ0n) is 11.2. The highest BCUT2D eigenvalue weighted by Crippen LogP contribution is 2.60. The molecule has 0 unspecified atom stereocenters. The van der Waals surface area contributed by atoms with Crippen LogP contribution in [0.25, 0.3) is 0 Å². The molecule has 1 heterocycles. The van der Waals surface area contributed by atoms with Gasteiger partial charge in [-0.2, -0.15) is 0 Å². The van der Waals surface area contributed by atoms with Crippen LogP contribution in [0.2, 0.25) is 5.02 Å². The number of nitrogens with zero attached hydrogens (tertiary/aromatic N) is 1. The van der Waals surface area contributed by atoms with E-state index in [9.17, 15) is 14.7 Å². The summed E-state index contributed by atoms with van der Waals surface area (Å²) >= 11 is 13.2. The van der Waals surface area contributed by atoms with E-state index in [0.29, 0.717) is 5.02 Å². The lowest BCUT2D eigenvalue weighted by molar-refractivity contribution is -0.123. The quantitative estimate of drug-likeness (QED) is 0.529. The summed E-state index contributed by atoms with van der Waals surface area (Å²) in [7, 11) is 0. The highest BCUT2D eigenvalue weighted by atomic mass is 79.9. The summed E-state index contributed by atoms with van der Waals surface area (Å²) in [5.74, 6) is -0.829. The van der Waals surface area contributed by atoms with Crippen LogP contribution in [0.5, 0.6) is 5.75 Å². The summed E-state index contributed by atoms with van der Waals surface area (Å²) < 4.78 is 0. The Bertz CT molecular complexity index is 665. The van der Waals surface area contributed by atoms with E-state index in [-0.39, 0.29) is 56.6 Å². The summed E-state index contributed by atoms with van der Waals surface area (Å²) in [6.07, 6.45) is 0.883. The van der Waals surface area contributed by atoms with Gasteiger partial charge in [-0.1, -0.05) is 43.5 Å². The first-order valence-corrected chi connectivity index (χ1v) is 9.27. The summed E-state index contributed by atoms with van der Waals surface area (Å²) in [6, 6.07) is 4.40. The lowest BCUT2D eigenvalue weighted by atomic mass is 9.81. The third kappa shape index (κ3) is 1.80. The minimum absolute atomic E-state index is 0.107. The van der Waals surface area contributed by atoms with Gasteiger partial charge in [-0.05, 0) is 36.5 Å². The molecular formula is C15H12Br2ClNO3. The van der Waals surface area contributed by atoms with Gasteiger partial charge in [0.25, 0.3) is 0 Å². The van der Waals surface area contributed by atoms with Gasteiger partial charge in [-0.3, -0.25) is 9.59 Å². The number of benzene rings is 1. The van der Waals surface area contributed by atoms with Gasteiger partial charge in [0.1, 0.15) is 5.75 Å². The first-order valence-electron chi connectivity index (χ1n) is 7.06. The molecule has 22 heavy (non-hydrogen) atoms. The van der Waals surface area contributed by atoms with E-state index in [4.69, 9.17) is 11.6 Å². The molecule has 1 saturated heterocycles. The average molecular weight is 450 g/mol. The molecule has 0 radical (unpaired) electrons. The number of amides is 2. The average Bonchev–Trinajstić information content (AvgIpc) is 3.07. The molecule has 3 aliphatic rings. The van der Waals surface area contributed by atoms with Crippen LogP contribution in [0.3, 0.4) is 0 Å². The first kappa shape index (κ1) is 15.0. The van der Waals surface area contributed by atoms with Crippen molar-refractivity contribution in [2.45, 2.75) is 16.1 Å². The Morgan fingerprint density at radius 1 is 1.09 bits per heavy atom. The van der Waals surface area contributed by atoms with Crippen molar-refractivity contribution in [3.05, 3.63) is 23.2 Å². The van der Waals surface area contributed by atoms with Gasteiger partial charge >= 0.3 is 0 Å². The number of fused-ring (bicyclic) bond motifs is 5. The second kappa shape index (κ2) is 4.95. The topological polar surface area (TPSA) is 57.6 Å². The molecule has 1 aromatic carbocycles. The predicted octanol–water partition coefficient (Wildman–Crippen LogP) is 3.33. The maximum Gasteiger partial charge on any atom is 0.238 e. The second-order valence-corrected chi connectivity index (χ2v) is 8.70. The van der Waals surface area contributed by atoms with Crippen LogP contribution in [0.4, 0.5) is 5.69 Å². The van der Waals surface area contributed by atoms with Crippen molar-refractivity contribution < 1.29 is 14.7 Å². The smallest absolute Gasteiger partial charge is 0.238 e. The molecule has 2 aliphatic carbocycles. The summed E-state index contributed by atoms with van der Waals surface area (Å²) in [5.41, 5.74) is 0.188. The first-order chi connectivity index (χ1) is 10.4. The number of phenols is 1. The Kier molecular flexibility index (Phi) is 3.37. The number of rotatable bonds is 1. The lowest BCUT2D eigenvalue weighted by Crippen LogP contribution is -2.37. The minimum Gasteiger partial charge on any atom is -0.506 e. The Morgan fingerprint density at radius 3 is 2.18 bits per heavy atom. The van der Waals surface area contributed by atoms with E-state index in [1.165, 1.54) is 18.2 Å². The largest absolute Gasteiger partial charge is 0.506 e. The van der Waals surface area contributed by atoms with Crippen molar-refractivity contribution in [1.82, 2.24) is 0 Å². The van der Waals surface area contributed by atoms with Gasteiger partial charge in [0, 0.05) is 14.7 Å². The molecule has 1 N–H and O–H groups in total. The highest BCUT2D eigenvalue weighted by molar-refractivity contribution is 9.12. The summed E-state index contributed by atoms with van der Waals surface area (Å²) in [4.78, 5) is 27.2. The molecule has 6 atom stereocenters. The van der Waals surface area contributed by atoms with Gasteiger partial charge < -0.3 is 5.11 Å². The van der Waals surface area contributed by atoms with Crippen molar-refractivity contribution in [3.63, 3.8) is 0 Å². The van der Waals surface area contributed by atoms with Gasteiger partial charge in [0.2, 0.25) is 11.8 Å². The van der Waals surface area contributed by atoms with Crippen LogP contribution >= 0.6 is 43.5 Å². The third-order valence-corrected chi connectivity index (χ3v) is 8.61. The third-order valence-electron chi connectivity index (χ3n) is 5.17. The van der Waals surface area contributed by atoms with E-state index in [2.05, 4.69) is 31.9 Å². The number of phenolic OH excluding ortho intramolecular Hbond substituents is 1. The molecule has 3 fully saturated rings. The van der Waals surface area contributed by atoms with Gasteiger partial charge in [-0.15, -0.1) is 0 Å². The molecule has 116 valence electrons. The number of halogens is 3. The number of carbonyl (C=O) groups excluding carboxylic acids is 2. The molecule has 2 bridgehead atoms. The molecule has 1 aromatic rings.